The van der Waals surface area contributed by atoms with Crippen LogP contribution < -0.4 is 64.6 Å². The summed E-state index contributed by atoms with van der Waals surface area (Å²) in [5.74, 6) is -18.7. The number of aliphatic hydroxyl groups is 5. The van der Waals surface area contributed by atoms with Crippen LogP contribution in [0.3, 0.4) is 0 Å². The van der Waals surface area contributed by atoms with E-state index < -0.39 is 229 Å². The Bertz CT molecular complexity index is 2710. The van der Waals surface area contributed by atoms with E-state index in [9.17, 15) is 92.7 Å². The number of nitrogens with two attached hydrogens (primary N) is 2. The van der Waals surface area contributed by atoms with Gasteiger partial charge in [-0.15, -0.1) is 0 Å². The van der Waals surface area contributed by atoms with E-state index in [1.54, 1.807) is 34.6 Å². The molecule has 33 nitrogen and oxygen atoms in total. The van der Waals surface area contributed by atoms with E-state index in [1.165, 1.54) is 48.5 Å². The Morgan fingerprint density at radius 2 is 1.02 bits per heavy atom. The van der Waals surface area contributed by atoms with Gasteiger partial charge in [0, 0.05) is 32.5 Å². The second kappa shape index (κ2) is 39.6. The molecular weight excluding hydrogens is 1260 g/mol. The van der Waals surface area contributed by atoms with Crippen LogP contribution in [-0.4, -0.2) is 235 Å². The average Bonchev–Trinajstić information content (AvgIpc) is 1.22. The lowest BCUT2D eigenvalue weighted by Gasteiger charge is -2.36. The number of fused-ring (bicyclic) bond motifs is 1. The van der Waals surface area contributed by atoms with E-state index in [1.807, 2.05) is 6.92 Å². The Morgan fingerprint density at radius 1 is 0.531 bits per heavy atom. The van der Waals surface area contributed by atoms with Crippen LogP contribution in [0.15, 0.2) is 0 Å². The van der Waals surface area contributed by atoms with Gasteiger partial charge in [0.25, 0.3) is 0 Å². The van der Waals surface area contributed by atoms with Crippen LogP contribution >= 0.6 is 0 Å². The summed E-state index contributed by atoms with van der Waals surface area (Å²) in [5.41, 5.74) is 11.0. The molecule has 0 spiro atoms. The van der Waals surface area contributed by atoms with Crippen molar-refractivity contribution in [3.63, 3.8) is 0 Å². The Kier molecular flexibility index (Phi) is 34.8. The zero-order valence-electron chi connectivity index (χ0n) is 58.2. The number of rotatable bonds is 20. The fourth-order valence-corrected chi connectivity index (χ4v) is 11.1. The first kappa shape index (κ1) is 84.5. The Labute approximate surface area is 561 Å². The van der Waals surface area contributed by atoms with Crippen molar-refractivity contribution in [3.05, 3.63) is 0 Å². The van der Waals surface area contributed by atoms with Crippen molar-refractivity contribution >= 4 is 82.7 Å². The van der Waals surface area contributed by atoms with Gasteiger partial charge in [0.05, 0.1) is 24.4 Å². The number of aliphatic hydroxyl groups excluding tert-OH is 5. The third-order valence-electron chi connectivity index (χ3n) is 17.1. The van der Waals surface area contributed by atoms with Crippen molar-refractivity contribution < 1.29 is 92.7 Å². The molecule has 0 aromatic rings. The molecule has 0 aromatic heterocycles. The fourth-order valence-electron chi connectivity index (χ4n) is 11.1. The number of unbranched alkanes of at least 4 members (excludes halogenated alkanes) is 2. The zero-order valence-corrected chi connectivity index (χ0v) is 58.2. The summed E-state index contributed by atoms with van der Waals surface area (Å²) in [6.07, 6.45) is -8.53. The molecule has 96 heavy (non-hydrogen) atoms. The summed E-state index contributed by atoms with van der Waals surface area (Å²) in [6.45, 7) is 21.0. The van der Waals surface area contributed by atoms with E-state index in [4.69, 9.17) is 11.5 Å². The topological polar surface area (TPSA) is 519 Å². The molecule has 0 saturated carbocycles. The number of nitrogens with one attached hydrogen (secondary N) is 10. The summed E-state index contributed by atoms with van der Waals surface area (Å²) >= 11 is 0. The molecule has 546 valence electrons. The Balaban J connectivity index is 2.97. The van der Waals surface area contributed by atoms with Gasteiger partial charge in [-0.1, -0.05) is 102 Å². The van der Waals surface area contributed by atoms with Crippen LogP contribution in [0.1, 0.15) is 168 Å². The van der Waals surface area contributed by atoms with Crippen LogP contribution in [-0.2, 0) is 67.1 Å². The first-order valence-corrected chi connectivity index (χ1v) is 33.2. The highest BCUT2D eigenvalue weighted by molar-refractivity contribution is 6.01. The van der Waals surface area contributed by atoms with Crippen LogP contribution in [0, 0.1) is 29.6 Å². The number of nitrogens with zero attached hydrogens (tertiary/aromatic N) is 2. The molecule has 2 aliphatic heterocycles. The van der Waals surface area contributed by atoms with Gasteiger partial charge in [0.1, 0.15) is 66.5 Å². The quantitative estimate of drug-likeness (QED) is 0.0510. The molecule has 4 unspecified atom stereocenters. The van der Waals surface area contributed by atoms with E-state index >= 15 is 0 Å². The average molecular weight is 1370 g/mol. The van der Waals surface area contributed by atoms with Crippen molar-refractivity contribution in [2.45, 2.75) is 271 Å². The maximum atomic E-state index is 14.7. The largest absolute Gasteiger partial charge is 0.391 e. The molecule has 0 radical (unpaired) electrons. The van der Waals surface area contributed by atoms with Crippen molar-refractivity contribution in [2.75, 3.05) is 13.6 Å². The predicted octanol–water partition coefficient (Wildman–Crippen LogP) is -4.69. The molecule has 0 aliphatic carbocycles. The molecule has 33 heteroatoms. The summed E-state index contributed by atoms with van der Waals surface area (Å²) in [7, 11) is 1.11. The van der Waals surface area contributed by atoms with E-state index in [0.29, 0.717) is 12.8 Å². The van der Waals surface area contributed by atoms with Gasteiger partial charge in [-0.3, -0.25) is 67.1 Å². The zero-order chi connectivity index (χ0) is 73.5. The van der Waals surface area contributed by atoms with E-state index in [2.05, 4.69) is 53.2 Å². The molecule has 2 aliphatic rings. The summed E-state index contributed by atoms with van der Waals surface area (Å²) in [4.78, 5) is 199. The maximum Gasteiger partial charge on any atom is 0.248 e. The molecule has 0 bridgehead atoms. The van der Waals surface area contributed by atoms with Gasteiger partial charge in [0.15, 0.2) is 6.10 Å². The second-order valence-corrected chi connectivity index (χ2v) is 26.9. The van der Waals surface area contributed by atoms with Crippen molar-refractivity contribution in [1.82, 2.24) is 63.0 Å². The van der Waals surface area contributed by atoms with Gasteiger partial charge in [-0.25, -0.2) is 0 Å². The number of carbonyl (C=O) groups excluding carboxylic acids is 14. The normalized spacial score (nSPS) is 28.2. The summed E-state index contributed by atoms with van der Waals surface area (Å²) in [6, 6.07) is -20.0. The third-order valence-corrected chi connectivity index (χ3v) is 17.1. The van der Waals surface area contributed by atoms with Crippen LogP contribution in [0.2, 0.25) is 0 Å². The minimum absolute atomic E-state index is 0.00696. The molecule has 2 rings (SSSR count). The minimum atomic E-state index is -2.56. The lowest BCUT2D eigenvalue weighted by molar-refractivity contribution is -0.148. The fraction of sp³-hybridized carbons (Fsp3) is 0.778. The highest BCUT2D eigenvalue weighted by Crippen LogP contribution is 2.23. The third kappa shape index (κ3) is 25.1. The number of hydrogen-bond acceptors (Lipinski definition) is 19. The maximum absolute atomic E-state index is 14.7. The van der Waals surface area contributed by atoms with E-state index in [0.717, 1.165) is 30.2 Å². The van der Waals surface area contributed by atoms with Crippen LogP contribution in [0.5, 0.6) is 0 Å². The molecule has 19 N–H and O–H groups in total. The molecule has 0 aromatic carbocycles. The molecule has 2 fully saturated rings. The monoisotopic (exact) mass is 1370 g/mol. The van der Waals surface area contributed by atoms with Crippen LogP contribution in [0.25, 0.3) is 0 Å². The second-order valence-electron chi connectivity index (χ2n) is 26.9. The number of amides is 14. The van der Waals surface area contributed by atoms with E-state index in [-0.39, 0.29) is 44.6 Å². The predicted molar refractivity (Wildman–Crippen MR) is 347 cm³/mol. The summed E-state index contributed by atoms with van der Waals surface area (Å²) in [5, 5.41) is 80.8. The highest BCUT2D eigenvalue weighted by Gasteiger charge is 2.46. The Hall–Kier alpha value is -7.62. The smallest absolute Gasteiger partial charge is 0.248 e. The van der Waals surface area contributed by atoms with Gasteiger partial charge < -0.3 is 100.0 Å². The molecule has 18 atom stereocenters. The minimum Gasteiger partial charge on any atom is -0.391 e. The lowest BCUT2D eigenvalue weighted by Crippen LogP contribution is -2.65. The molecule has 14 amide bonds. The first-order valence-electron chi connectivity index (χ1n) is 33.2. The molecule has 2 saturated heterocycles. The van der Waals surface area contributed by atoms with Crippen LogP contribution in [0.4, 0.5) is 0 Å². The number of primary amides is 2. The molecule has 2 heterocycles. The number of likely N-dealkylation sites (N-methyl/N-ethyl adjacent to an activating group) is 1. The Morgan fingerprint density at radius 3 is 1.52 bits per heavy atom. The van der Waals surface area contributed by atoms with Crippen molar-refractivity contribution in [2.24, 2.45) is 41.1 Å². The molecular formula is C63H110N14O19. The SMILES string of the molecule is CCCCCC1CC(=O)N[C@@H](C(C)C)C(=O)N[C@H](C(O)C(C)C)C(=O)N[C@@H](C)C(=O)N[C@H](C(O)C(C)C)C(=O)N[C@@H](CCC(N)=O)C(=O)N(C)[C@@H]([C@@H](C)CC)C(=O)N[C@H](C(O)C(N)=O)C(=O)N[C@H]([C@H](C)O)C(=O)N2CCC[C@H]2C(=O)N[C@H](CC(C)C)C(=O)N[C@@H]([C@@H](C)O)C(=O)N1. The van der Waals surface area contributed by atoms with Gasteiger partial charge >= 0.3 is 0 Å². The van der Waals surface area contributed by atoms with Crippen molar-refractivity contribution in [3.8, 4) is 0 Å². The number of carbonyl (C=O) groups is 14. The van der Waals surface area contributed by atoms with Gasteiger partial charge in [-0.05, 0) is 82.5 Å². The standard InChI is InChI=1S/C63H110N14O19/c1-16-18-19-21-36-27-41(81)70-42(29(5)6)56(89)74-45(49(82)30(7)8)58(91)66-33(12)53(86)73-46(50(83)31(9)10)59(92)68-37(23-24-40(64)80)62(95)76(15)48(32(11)17-2)61(94)75-47(51(84)52(65)85)60(93)72-44(35(14)79)63(96)77-25-20-22-39(77)55(88)69-38(26-28(3)4)54(87)71-43(34(13)78)57(90)67-36/h28-39,42-51,78-79,82-84H,16-27H2,1-15H3,(H2,64,80)(H2,65,85)(H,66,91)(H,67,90)(H,68,92)(H,69,88)(H,70,81)(H,71,87)(H,72,93)(H,73,86)(H,74,89)(H,75,94)/t32-,33-,34+,35-,36?,37-,38+,39-,42-,43-,44+,45+,46+,47+,48-,49?,50?,51?/m0/s1. The number of hydrogen-bond donors (Lipinski definition) is 17. The lowest BCUT2D eigenvalue weighted by atomic mass is 9.94. The van der Waals surface area contributed by atoms with Crippen molar-refractivity contribution in [1.29, 1.82) is 0 Å². The van der Waals surface area contributed by atoms with Gasteiger partial charge in [0.2, 0.25) is 82.7 Å². The van der Waals surface area contributed by atoms with Gasteiger partial charge in [-0.2, -0.15) is 0 Å². The highest BCUT2D eigenvalue weighted by atomic mass is 16.3. The first-order chi connectivity index (χ1) is 44.6. The summed E-state index contributed by atoms with van der Waals surface area (Å²) < 4.78 is 0.